The zero-order valence-corrected chi connectivity index (χ0v) is 8.50. The molecule has 1 rings (SSSR count). The number of thiocarbonyl (C=S) groups is 1. The smallest absolute Gasteiger partial charge is 0.308 e. The molecule has 0 aliphatic rings. The highest BCUT2D eigenvalue weighted by atomic mass is 32.1. The highest BCUT2D eigenvalue weighted by Gasteiger charge is 2.05. The Morgan fingerprint density at radius 2 is 2.00 bits per heavy atom. The van der Waals surface area contributed by atoms with Crippen LogP contribution in [-0.4, -0.2) is 23.1 Å². The van der Waals surface area contributed by atoms with Crippen molar-refractivity contribution in [3.63, 3.8) is 0 Å². The molecule has 1 aromatic carbocycles. The Labute approximate surface area is 87.3 Å². The number of aliphatic carboxylic acids is 1. The van der Waals surface area contributed by atoms with Gasteiger partial charge in [0.15, 0.2) is 0 Å². The Morgan fingerprint density at radius 1 is 1.43 bits per heavy atom. The second-order valence-electron chi connectivity index (χ2n) is 2.72. The minimum atomic E-state index is -0.911. The summed E-state index contributed by atoms with van der Waals surface area (Å²) < 4.78 is 4.97. The maximum absolute atomic E-state index is 10.4. The first-order valence-electron chi connectivity index (χ1n) is 4.02. The van der Waals surface area contributed by atoms with E-state index in [0.29, 0.717) is 4.86 Å². The molecule has 74 valence electrons. The summed E-state index contributed by atoms with van der Waals surface area (Å²) in [6.07, 6.45) is -0.109. The Bertz CT molecular complexity index is 343. The molecule has 0 radical (unpaired) electrons. The van der Waals surface area contributed by atoms with E-state index in [-0.39, 0.29) is 6.42 Å². The maximum atomic E-state index is 10.4. The van der Waals surface area contributed by atoms with Crippen LogP contribution in [0, 0.1) is 0 Å². The van der Waals surface area contributed by atoms with Gasteiger partial charge in [0.25, 0.3) is 0 Å². The largest absolute Gasteiger partial charge is 0.497 e. The Balaban J connectivity index is 2.76. The number of ether oxygens (including phenoxy) is 1. The van der Waals surface area contributed by atoms with Crippen LogP contribution in [0.15, 0.2) is 24.3 Å². The molecule has 0 saturated heterocycles. The molecule has 0 aromatic heterocycles. The van der Waals surface area contributed by atoms with Gasteiger partial charge in [-0.25, -0.2) is 0 Å². The van der Waals surface area contributed by atoms with Crippen LogP contribution >= 0.6 is 12.2 Å². The van der Waals surface area contributed by atoms with Crippen molar-refractivity contribution < 1.29 is 14.6 Å². The molecule has 14 heavy (non-hydrogen) atoms. The molecular formula is C10H10O3S. The molecule has 0 aliphatic carbocycles. The van der Waals surface area contributed by atoms with Crippen LogP contribution in [0.4, 0.5) is 0 Å². The van der Waals surface area contributed by atoms with Gasteiger partial charge in [0, 0.05) is 4.86 Å². The lowest BCUT2D eigenvalue weighted by Gasteiger charge is -2.02. The van der Waals surface area contributed by atoms with Crippen LogP contribution in [-0.2, 0) is 4.79 Å². The van der Waals surface area contributed by atoms with Crippen LogP contribution in [0.3, 0.4) is 0 Å². The topological polar surface area (TPSA) is 46.5 Å². The monoisotopic (exact) mass is 210 g/mol. The number of hydrogen-bond acceptors (Lipinski definition) is 3. The molecule has 4 heteroatoms. The summed E-state index contributed by atoms with van der Waals surface area (Å²) in [6.45, 7) is 0. The Kier molecular flexibility index (Phi) is 3.59. The van der Waals surface area contributed by atoms with Crippen LogP contribution < -0.4 is 4.74 Å². The van der Waals surface area contributed by atoms with Crippen molar-refractivity contribution in [3.05, 3.63) is 29.8 Å². The number of carboxylic acids is 1. The van der Waals surface area contributed by atoms with E-state index in [9.17, 15) is 4.79 Å². The number of hydrogen-bond donors (Lipinski definition) is 1. The van der Waals surface area contributed by atoms with Gasteiger partial charge in [-0.05, 0) is 17.7 Å². The van der Waals surface area contributed by atoms with E-state index in [1.165, 1.54) is 0 Å². The van der Waals surface area contributed by atoms with Crippen molar-refractivity contribution in [1.29, 1.82) is 0 Å². The molecular weight excluding hydrogens is 200 g/mol. The predicted octanol–water partition coefficient (Wildman–Crippen LogP) is 1.89. The molecule has 0 unspecified atom stereocenters. The lowest BCUT2D eigenvalue weighted by Crippen LogP contribution is -2.05. The first-order chi connectivity index (χ1) is 6.63. The number of methoxy groups -OCH3 is 1. The van der Waals surface area contributed by atoms with Gasteiger partial charge in [-0.15, -0.1) is 0 Å². The van der Waals surface area contributed by atoms with Crippen molar-refractivity contribution in [2.75, 3.05) is 7.11 Å². The fourth-order valence-electron chi connectivity index (χ4n) is 1.02. The van der Waals surface area contributed by atoms with Gasteiger partial charge < -0.3 is 9.84 Å². The quantitative estimate of drug-likeness (QED) is 0.609. The van der Waals surface area contributed by atoms with E-state index in [0.717, 1.165) is 11.3 Å². The van der Waals surface area contributed by atoms with Crippen LogP contribution in [0.2, 0.25) is 0 Å². The highest BCUT2D eigenvalue weighted by Crippen LogP contribution is 2.13. The van der Waals surface area contributed by atoms with Crippen LogP contribution in [0.1, 0.15) is 12.0 Å². The second-order valence-corrected chi connectivity index (χ2v) is 3.21. The Hall–Kier alpha value is -1.42. The molecule has 0 amide bonds. The first kappa shape index (κ1) is 10.7. The van der Waals surface area contributed by atoms with Crippen molar-refractivity contribution in [3.8, 4) is 5.75 Å². The first-order valence-corrected chi connectivity index (χ1v) is 4.43. The SMILES string of the molecule is COc1ccc(C(=S)CC(=O)O)cc1. The molecule has 0 heterocycles. The van der Waals surface area contributed by atoms with E-state index >= 15 is 0 Å². The van der Waals surface area contributed by atoms with E-state index in [4.69, 9.17) is 22.1 Å². The Morgan fingerprint density at radius 3 is 2.43 bits per heavy atom. The van der Waals surface area contributed by atoms with Gasteiger partial charge in [-0.2, -0.15) is 0 Å². The predicted molar refractivity (Wildman–Crippen MR) is 56.9 cm³/mol. The minimum Gasteiger partial charge on any atom is -0.497 e. The van der Waals surface area contributed by atoms with Crippen molar-refractivity contribution >= 4 is 23.1 Å². The summed E-state index contributed by atoms with van der Waals surface area (Å²) in [4.78, 5) is 10.8. The van der Waals surface area contributed by atoms with Crippen LogP contribution in [0.25, 0.3) is 0 Å². The standard InChI is InChI=1S/C10H10O3S/c1-13-8-4-2-7(3-5-8)9(14)6-10(11)12/h2-5H,6H2,1H3,(H,11,12). The molecule has 1 aromatic rings. The molecule has 0 fully saturated rings. The molecule has 0 saturated carbocycles. The van der Waals surface area contributed by atoms with Gasteiger partial charge in [-0.1, -0.05) is 24.4 Å². The third-order valence-corrected chi connectivity index (χ3v) is 2.10. The summed E-state index contributed by atoms with van der Waals surface area (Å²) >= 11 is 4.95. The second kappa shape index (κ2) is 4.72. The van der Waals surface area contributed by atoms with Crippen molar-refractivity contribution in [2.24, 2.45) is 0 Å². The zero-order valence-electron chi connectivity index (χ0n) is 7.69. The molecule has 3 nitrogen and oxygen atoms in total. The summed E-state index contributed by atoms with van der Waals surface area (Å²) in [7, 11) is 1.57. The molecule has 0 aliphatic heterocycles. The zero-order chi connectivity index (χ0) is 10.6. The fraction of sp³-hybridized carbons (Fsp3) is 0.200. The summed E-state index contributed by atoms with van der Waals surface area (Å²) in [5.74, 6) is -0.183. The third kappa shape index (κ3) is 2.81. The van der Waals surface area contributed by atoms with Gasteiger partial charge in [0.2, 0.25) is 0 Å². The normalized spacial score (nSPS) is 9.50. The van der Waals surface area contributed by atoms with Crippen molar-refractivity contribution in [1.82, 2.24) is 0 Å². The number of carbonyl (C=O) groups is 1. The van der Waals surface area contributed by atoms with E-state index in [1.54, 1.807) is 31.4 Å². The summed E-state index contributed by atoms with van der Waals surface area (Å²) in [5.41, 5.74) is 0.753. The highest BCUT2D eigenvalue weighted by molar-refractivity contribution is 7.80. The molecule has 1 N–H and O–H groups in total. The number of benzene rings is 1. The van der Waals surface area contributed by atoms with Gasteiger partial charge in [0.1, 0.15) is 5.75 Å². The fourth-order valence-corrected chi connectivity index (χ4v) is 1.28. The van der Waals surface area contributed by atoms with E-state index in [2.05, 4.69) is 0 Å². The number of carboxylic acid groups (broad SMARTS) is 1. The third-order valence-electron chi connectivity index (χ3n) is 1.72. The van der Waals surface area contributed by atoms with Gasteiger partial charge >= 0.3 is 5.97 Å². The molecule has 0 spiro atoms. The summed E-state index contributed by atoms with van der Waals surface area (Å²) in [6, 6.07) is 7.02. The van der Waals surface area contributed by atoms with E-state index < -0.39 is 5.97 Å². The minimum absolute atomic E-state index is 0.109. The van der Waals surface area contributed by atoms with Crippen molar-refractivity contribution in [2.45, 2.75) is 6.42 Å². The summed E-state index contributed by atoms with van der Waals surface area (Å²) in [5, 5.41) is 8.53. The molecule has 0 atom stereocenters. The molecule has 0 bridgehead atoms. The van der Waals surface area contributed by atoms with Gasteiger partial charge in [-0.3, -0.25) is 4.79 Å². The lowest BCUT2D eigenvalue weighted by atomic mass is 10.1. The van der Waals surface area contributed by atoms with E-state index in [1.807, 2.05) is 0 Å². The van der Waals surface area contributed by atoms with Crippen LogP contribution in [0.5, 0.6) is 5.75 Å². The average molecular weight is 210 g/mol. The van der Waals surface area contributed by atoms with Gasteiger partial charge in [0.05, 0.1) is 13.5 Å². The maximum Gasteiger partial charge on any atom is 0.308 e. The lowest BCUT2D eigenvalue weighted by molar-refractivity contribution is -0.135. The number of rotatable bonds is 4. The average Bonchev–Trinajstić information content (AvgIpc) is 2.17.